The molecule has 33 heavy (non-hydrogen) atoms. The van der Waals surface area contributed by atoms with Crippen LogP contribution >= 0.6 is 0 Å². The van der Waals surface area contributed by atoms with Gasteiger partial charge in [-0.2, -0.15) is 0 Å². The van der Waals surface area contributed by atoms with E-state index in [1.165, 1.54) is 17.1 Å². The van der Waals surface area contributed by atoms with Gasteiger partial charge in [0.05, 0.1) is 19.7 Å². The summed E-state index contributed by atoms with van der Waals surface area (Å²) in [6.07, 6.45) is 5.77. The molecule has 0 saturated carbocycles. The Morgan fingerprint density at radius 1 is 1.30 bits per heavy atom. The van der Waals surface area contributed by atoms with Crippen molar-refractivity contribution in [3.8, 4) is 12.3 Å². The summed E-state index contributed by atoms with van der Waals surface area (Å²) in [5, 5.41) is 5.88. The number of piperazine rings is 1. The number of ether oxygens (including phenoxy) is 1. The minimum atomic E-state index is -0.647. The Morgan fingerprint density at radius 2 is 2.03 bits per heavy atom. The lowest BCUT2D eigenvalue weighted by Crippen LogP contribution is -2.76. The van der Waals surface area contributed by atoms with Crippen molar-refractivity contribution < 1.29 is 23.5 Å². The fraction of sp³-hybridized carbons (Fsp3) is 0.522. The van der Waals surface area contributed by atoms with Crippen LogP contribution in [0.25, 0.3) is 0 Å². The van der Waals surface area contributed by atoms with Gasteiger partial charge in [-0.25, -0.2) is 19.2 Å². The van der Waals surface area contributed by atoms with Crippen LogP contribution in [0.4, 0.5) is 9.18 Å². The monoisotopic (exact) mass is 459 g/mol. The summed E-state index contributed by atoms with van der Waals surface area (Å²) in [5.74, 6) is 1.69. The molecule has 2 saturated heterocycles. The first-order chi connectivity index (χ1) is 15.9. The van der Waals surface area contributed by atoms with Gasteiger partial charge in [0.25, 0.3) is 0 Å². The summed E-state index contributed by atoms with van der Waals surface area (Å²) in [5.41, 5.74) is 0.743. The number of rotatable bonds is 8. The fourth-order valence-corrected chi connectivity index (χ4v) is 4.22. The Kier molecular flexibility index (Phi) is 8.25. The molecule has 3 rings (SSSR count). The fourth-order valence-electron chi connectivity index (χ4n) is 4.22. The van der Waals surface area contributed by atoms with E-state index >= 15 is 0 Å². The van der Waals surface area contributed by atoms with E-state index in [0.29, 0.717) is 19.4 Å². The molecule has 1 aromatic carbocycles. The number of likely N-dealkylation sites (N-methyl/N-ethyl adjacent to an activating group) is 1. The van der Waals surface area contributed by atoms with Crippen LogP contribution in [0.5, 0.6) is 0 Å². The van der Waals surface area contributed by atoms with E-state index in [9.17, 15) is 18.8 Å². The predicted octanol–water partition coefficient (Wildman–Crippen LogP) is 1.01. The van der Waals surface area contributed by atoms with Crippen LogP contribution in [-0.2, 0) is 20.9 Å². The first-order valence-corrected chi connectivity index (χ1v) is 11.0. The van der Waals surface area contributed by atoms with E-state index in [1.807, 2.05) is 6.92 Å². The number of nitrogens with zero attached hydrogens (tertiary/aromatic N) is 4. The number of urea groups is 1. The lowest BCUT2D eigenvalue weighted by Gasteiger charge is -2.54. The topological polar surface area (TPSA) is 85.4 Å². The number of terminal acetylenes is 1. The molecule has 0 bridgehead atoms. The molecule has 4 amide bonds. The van der Waals surface area contributed by atoms with E-state index in [0.717, 1.165) is 5.56 Å². The Morgan fingerprint density at radius 3 is 2.70 bits per heavy atom. The van der Waals surface area contributed by atoms with Gasteiger partial charge in [-0.05, 0) is 24.1 Å². The van der Waals surface area contributed by atoms with Gasteiger partial charge in [-0.15, -0.1) is 6.42 Å². The van der Waals surface area contributed by atoms with Gasteiger partial charge in [0.15, 0.2) is 0 Å². The van der Waals surface area contributed by atoms with Crippen LogP contribution in [0.2, 0.25) is 0 Å². The molecule has 0 unspecified atom stereocenters. The molecule has 0 radical (unpaired) electrons. The lowest BCUT2D eigenvalue weighted by atomic mass is 10.0. The molecule has 2 fully saturated rings. The van der Waals surface area contributed by atoms with Crippen LogP contribution in [0.15, 0.2) is 24.3 Å². The number of carbonyl (C=O) groups excluding carboxylic acids is 3. The molecule has 2 aliphatic rings. The van der Waals surface area contributed by atoms with Crippen molar-refractivity contribution in [2.45, 2.75) is 38.5 Å². The number of halogens is 1. The van der Waals surface area contributed by atoms with E-state index in [4.69, 9.17) is 11.2 Å². The van der Waals surface area contributed by atoms with Crippen LogP contribution in [0.1, 0.15) is 25.3 Å². The predicted molar refractivity (Wildman–Crippen MR) is 119 cm³/mol. The molecule has 9 nitrogen and oxygen atoms in total. The molecule has 0 aliphatic carbocycles. The van der Waals surface area contributed by atoms with Gasteiger partial charge in [0.2, 0.25) is 11.8 Å². The second-order valence-corrected chi connectivity index (χ2v) is 8.07. The van der Waals surface area contributed by atoms with Gasteiger partial charge in [0.1, 0.15) is 24.6 Å². The maximum Gasteiger partial charge on any atom is 0.334 e. The summed E-state index contributed by atoms with van der Waals surface area (Å²) in [6.45, 7) is 3.03. The van der Waals surface area contributed by atoms with Gasteiger partial charge >= 0.3 is 6.03 Å². The van der Waals surface area contributed by atoms with Crippen molar-refractivity contribution in [1.82, 2.24) is 25.1 Å². The number of benzene rings is 1. The highest BCUT2D eigenvalue weighted by atomic mass is 19.1. The SMILES string of the molecule is C#CCOCCN1C[C@H]2N(C(=O)CN(C)N2C(=O)NCc2ccc(F)cc2)[C@@H](CCC)C1=O. The summed E-state index contributed by atoms with van der Waals surface area (Å²) >= 11 is 0. The average Bonchev–Trinajstić information content (AvgIpc) is 2.78. The normalized spacial score (nSPS) is 21.1. The number of hydrogen-bond acceptors (Lipinski definition) is 5. The Hall–Kier alpha value is -3.16. The third kappa shape index (κ3) is 5.61. The van der Waals surface area contributed by atoms with Gasteiger partial charge in [0, 0.05) is 20.1 Å². The minimum Gasteiger partial charge on any atom is -0.367 e. The molecule has 1 aromatic rings. The number of carbonyl (C=O) groups is 3. The molecular weight excluding hydrogens is 429 g/mol. The van der Waals surface area contributed by atoms with Crippen LogP contribution in [0, 0.1) is 18.2 Å². The maximum atomic E-state index is 13.2. The third-order valence-electron chi connectivity index (χ3n) is 5.76. The van der Waals surface area contributed by atoms with Crippen molar-refractivity contribution in [2.75, 3.05) is 39.9 Å². The van der Waals surface area contributed by atoms with Crippen LogP contribution < -0.4 is 5.32 Å². The molecule has 0 aromatic heterocycles. The van der Waals surface area contributed by atoms with Crippen molar-refractivity contribution in [3.05, 3.63) is 35.6 Å². The van der Waals surface area contributed by atoms with E-state index in [2.05, 4.69) is 11.2 Å². The number of amides is 4. The molecule has 178 valence electrons. The van der Waals surface area contributed by atoms with Crippen molar-refractivity contribution in [2.24, 2.45) is 0 Å². The third-order valence-corrected chi connectivity index (χ3v) is 5.76. The van der Waals surface area contributed by atoms with Crippen LogP contribution in [0.3, 0.4) is 0 Å². The number of nitrogens with one attached hydrogen (secondary N) is 1. The van der Waals surface area contributed by atoms with Gasteiger partial charge in [-0.1, -0.05) is 31.4 Å². The van der Waals surface area contributed by atoms with Gasteiger partial charge in [-0.3, -0.25) is 9.59 Å². The van der Waals surface area contributed by atoms with Crippen molar-refractivity contribution in [3.63, 3.8) is 0 Å². The highest BCUT2D eigenvalue weighted by Gasteiger charge is 2.50. The number of hydrazine groups is 1. The summed E-state index contributed by atoms with van der Waals surface area (Å²) in [4.78, 5) is 42.4. The van der Waals surface area contributed by atoms with E-state index < -0.39 is 18.2 Å². The number of hydrogen-bond donors (Lipinski definition) is 1. The van der Waals surface area contributed by atoms with Crippen molar-refractivity contribution >= 4 is 17.8 Å². The summed E-state index contributed by atoms with van der Waals surface area (Å²) < 4.78 is 18.5. The highest BCUT2D eigenvalue weighted by Crippen LogP contribution is 2.27. The van der Waals surface area contributed by atoms with Crippen LogP contribution in [-0.4, -0.2) is 89.8 Å². The molecule has 10 heteroatoms. The second kappa shape index (κ2) is 11.1. The molecule has 0 spiro atoms. The molecule has 2 aliphatic heterocycles. The smallest absolute Gasteiger partial charge is 0.334 e. The average molecular weight is 460 g/mol. The highest BCUT2D eigenvalue weighted by molar-refractivity contribution is 5.91. The zero-order valence-electron chi connectivity index (χ0n) is 19.0. The maximum absolute atomic E-state index is 13.2. The Bertz CT molecular complexity index is 903. The zero-order valence-corrected chi connectivity index (χ0v) is 19.0. The minimum absolute atomic E-state index is 0.0146. The molecule has 2 heterocycles. The number of fused-ring (bicyclic) bond motifs is 1. The zero-order chi connectivity index (χ0) is 24.0. The lowest BCUT2D eigenvalue weighted by molar-refractivity contribution is -0.187. The first kappa shape index (κ1) is 24.5. The summed E-state index contributed by atoms with van der Waals surface area (Å²) in [7, 11) is 1.67. The Labute approximate surface area is 193 Å². The molecular formula is C23H30FN5O4. The molecule has 2 atom stereocenters. The molecule has 1 N–H and O–H groups in total. The quantitative estimate of drug-likeness (QED) is 0.463. The van der Waals surface area contributed by atoms with E-state index in [1.54, 1.807) is 34.0 Å². The first-order valence-electron chi connectivity index (χ1n) is 11.0. The standard InChI is InChI=1S/C23H30FN5O4/c1-4-6-19-22(31)27(11-13-33-12-5-2)15-20-28(19)21(30)16-26(3)29(20)23(32)25-14-17-7-9-18(24)10-8-17/h2,7-10,19-20H,4,6,11-16H2,1,3H3,(H,25,32)/t19-,20-/m0/s1. The van der Waals surface area contributed by atoms with Gasteiger partial charge < -0.3 is 19.9 Å². The Balaban J connectivity index is 1.79. The van der Waals surface area contributed by atoms with Crippen molar-refractivity contribution in [1.29, 1.82) is 0 Å². The largest absolute Gasteiger partial charge is 0.367 e. The van der Waals surface area contributed by atoms with E-state index in [-0.39, 0.29) is 50.5 Å². The second-order valence-electron chi connectivity index (χ2n) is 8.07. The summed E-state index contributed by atoms with van der Waals surface area (Å²) in [6, 6.07) is 4.81.